The first-order valence-electron chi connectivity index (χ1n) is 5.82. The van der Waals surface area contributed by atoms with E-state index in [9.17, 15) is 4.39 Å². The molecule has 1 aromatic rings. The molecule has 0 radical (unpaired) electrons. The van der Waals surface area contributed by atoms with Crippen molar-refractivity contribution < 1.29 is 4.39 Å². The third kappa shape index (κ3) is 2.80. The normalized spacial score (nSPS) is 21.6. The lowest BCUT2D eigenvalue weighted by Gasteiger charge is -2.13. The fourth-order valence-corrected chi connectivity index (χ4v) is 2.11. The van der Waals surface area contributed by atoms with E-state index in [0.29, 0.717) is 11.6 Å². The van der Waals surface area contributed by atoms with Crippen LogP contribution in [0, 0.1) is 12.7 Å². The highest BCUT2D eigenvalue weighted by atomic mass is 19.1. The summed E-state index contributed by atoms with van der Waals surface area (Å²) >= 11 is 0. The lowest BCUT2D eigenvalue weighted by atomic mass is 10.1. The summed E-state index contributed by atoms with van der Waals surface area (Å²) < 4.78 is 13.3. The van der Waals surface area contributed by atoms with Gasteiger partial charge in [0, 0.05) is 19.1 Å². The summed E-state index contributed by atoms with van der Waals surface area (Å²) in [7, 11) is 2.13. The number of nitrogens with zero attached hydrogens (tertiary/aromatic N) is 1. The molecule has 0 spiro atoms. The molecular weight excluding hydrogens is 203 g/mol. The Hall–Kier alpha value is -0.930. The van der Waals surface area contributed by atoms with Gasteiger partial charge < -0.3 is 10.2 Å². The molecule has 2 rings (SSSR count). The average molecular weight is 222 g/mol. The minimum Gasteiger partial charge on any atom is -0.309 e. The van der Waals surface area contributed by atoms with E-state index in [2.05, 4.69) is 17.3 Å². The fourth-order valence-electron chi connectivity index (χ4n) is 2.11. The van der Waals surface area contributed by atoms with Crippen LogP contribution < -0.4 is 5.32 Å². The molecule has 0 aromatic heterocycles. The van der Waals surface area contributed by atoms with Gasteiger partial charge in [0.2, 0.25) is 0 Å². The van der Waals surface area contributed by atoms with Crippen LogP contribution in [0.25, 0.3) is 0 Å². The van der Waals surface area contributed by atoms with Crippen LogP contribution in [0.2, 0.25) is 0 Å². The van der Waals surface area contributed by atoms with Crippen LogP contribution in [-0.2, 0) is 6.54 Å². The smallest absolute Gasteiger partial charge is 0.126 e. The molecule has 1 atom stereocenters. The molecule has 0 bridgehead atoms. The number of rotatable bonds is 3. The van der Waals surface area contributed by atoms with Crippen molar-refractivity contribution >= 4 is 0 Å². The number of likely N-dealkylation sites (tertiary alicyclic amines) is 1. The Morgan fingerprint density at radius 2 is 2.31 bits per heavy atom. The fraction of sp³-hybridized carbons (Fsp3) is 0.538. The second kappa shape index (κ2) is 4.93. The molecule has 1 fully saturated rings. The van der Waals surface area contributed by atoms with E-state index < -0.39 is 0 Å². The van der Waals surface area contributed by atoms with Gasteiger partial charge in [-0.15, -0.1) is 0 Å². The summed E-state index contributed by atoms with van der Waals surface area (Å²) in [6.45, 7) is 4.79. The van der Waals surface area contributed by atoms with Gasteiger partial charge in [0.15, 0.2) is 0 Å². The highest BCUT2D eigenvalue weighted by Crippen LogP contribution is 2.11. The third-order valence-electron chi connectivity index (χ3n) is 3.22. The van der Waals surface area contributed by atoms with Crippen molar-refractivity contribution in [2.45, 2.75) is 25.9 Å². The van der Waals surface area contributed by atoms with Crippen molar-refractivity contribution in [3.8, 4) is 0 Å². The van der Waals surface area contributed by atoms with Crippen LogP contribution in [0.3, 0.4) is 0 Å². The van der Waals surface area contributed by atoms with Crippen molar-refractivity contribution in [3.05, 3.63) is 35.1 Å². The Bertz CT molecular complexity index is 365. The highest BCUT2D eigenvalue weighted by Gasteiger charge is 2.18. The van der Waals surface area contributed by atoms with Crippen LogP contribution >= 0.6 is 0 Å². The van der Waals surface area contributed by atoms with Crippen molar-refractivity contribution in [1.82, 2.24) is 10.2 Å². The molecule has 2 nitrogen and oxygen atoms in total. The van der Waals surface area contributed by atoms with Gasteiger partial charge in [0.25, 0.3) is 0 Å². The zero-order chi connectivity index (χ0) is 11.5. The van der Waals surface area contributed by atoms with Gasteiger partial charge in [-0.05, 0) is 44.1 Å². The van der Waals surface area contributed by atoms with Crippen LogP contribution in [0.1, 0.15) is 17.5 Å². The molecule has 1 unspecified atom stereocenters. The number of hydrogen-bond acceptors (Lipinski definition) is 2. The topological polar surface area (TPSA) is 15.3 Å². The molecule has 0 aliphatic carbocycles. The predicted octanol–water partition coefficient (Wildman–Crippen LogP) is 1.93. The molecule has 1 heterocycles. The van der Waals surface area contributed by atoms with Gasteiger partial charge in [0.05, 0.1) is 0 Å². The van der Waals surface area contributed by atoms with Gasteiger partial charge in [-0.2, -0.15) is 0 Å². The lowest BCUT2D eigenvalue weighted by Crippen LogP contribution is -2.30. The highest BCUT2D eigenvalue weighted by molar-refractivity contribution is 5.23. The predicted molar refractivity (Wildman–Crippen MR) is 63.9 cm³/mol. The number of nitrogens with one attached hydrogen (secondary N) is 1. The summed E-state index contributed by atoms with van der Waals surface area (Å²) in [6, 6.07) is 6.01. The molecule has 1 aromatic carbocycles. The summed E-state index contributed by atoms with van der Waals surface area (Å²) in [6.07, 6.45) is 1.19. The SMILES string of the molecule is Cc1ccc(CNC2CCN(C)C2)cc1F. The summed E-state index contributed by atoms with van der Waals surface area (Å²) in [5, 5.41) is 3.47. The molecule has 1 aliphatic heterocycles. The maximum Gasteiger partial charge on any atom is 0.126 e. The van der Waals surface area contributed by atoms with E-state index in [1.54, 1.807) is 13.0 Å². The van der Waals surface area contributed by atoms with E-state index in [0.717, 1.165) is 25.2 Å². The van der Waals surface area contributed by atoms with E-state index in [4.69, 9.17) is 0 Å². The third-order valence-corrected chi connectivity index (χ3v) is 3.22. The van der Waals surface area contributed by atoms with Gasteiger partial charge in [-0.1, -0.05) is 12.1 Å². The molecule has 1 N–H and O–H groups in total. The van der Waals surface area contributed by atoms with Gasteiger partial charge in [-0.25, -0.2) is 4.39 Å². The largest absolute Gasteiger partial charge is 0.309 e. The van der Waals surface area contributed by atoms with Crippen LogP contribution in [0.5, 0.6) is 0 Å². The van der Waals surface area contributed by atoms with Crippen LogP contribution in [0.4, 0.5) is 4.39 Å². The lowest BCUT2D eigenvalue weighted by molar-refractivity contribution is 0.397. The maximum atomic E-state index is 13.3. The van der Waals surface area contributed by atoms with E-state index >= 15 is 0 Å². The van der Waals surface area contributed by atoms with Crippen molar-refractivity contribution in [2.24, 2.45) is 0 Å². The minimum absolute atomic E-state index is 0.108. The number of aryl methyl sites for hydroxylation is 1. The molecule has 0 saturated carbocycles. The Labute approximate surface area is 96.5 Å². The van der Waals surface area contributed by atoms with Crippen LogP contribution in [-0.4, -0.2) is 31.1 Å². The average Bonchev–Trinajstić information content (AvgIpc) is 2.66. The quantitative estimate of drug-likeness (QED) is 0.840. The Morgan fingerprint density at radius 3 is 2.94 bits per heavy atom. The molecule has 3 heteroatoms. The van der Waals surface area contributed by atoms with Crippen molar-refractivity contribution in [1.29, 1.82) is 0 Å². The summed E-state index contributed by atoms with van der Waals surface area (Å²) in [4.78, 5) is 2.31. The first-order valence-corrected chi connectivity index (χ1v) is 5.82. The Balaban J connectivity index is 1.87. The Kier molecular flexibility index (Phi) is 3.56. The maximum absolute atomic E-state index is 13.3. The summed E-state index contributed by atoms with van der Waals surface area (Å²) in [5.41, 5.74) is 1.74. The molecule has 0 amide bonds. The first kappa shape index (κ1) is 11.6. The monoisotopic (exact) mass is 222 g/mol. The zero-order valence-electron chi connectivity index (χ0n) is 9.96. The number of benzene rings is 1. The van der Waals surface area contributed by atoms with Crippen LogP contribution in [0.15, 0.2) is 18.2 Å². The number of halogens is 1. The molecule has 1 saturated heterocycles. The number of likely N-dealkylation sites (N-methyl/N-ethyl adjacent to an activating group) is 1. The minimum atomic E-state index is -0.108. The van der Waals surface area contributed by atoms with Gasteiger partial charge >= 0.3 is 0 Å². The van der Waals surface area contributed by atoms with E-state index in [1.807, 2.05) is 12.1 Å². The molecule has 88 valence electrons. The Morgan fingerprint density at radius 1 is 1.50 bits per heavy atom. The zero-order valence-corrected chi connectivity index (χ0v) is 9.96. The van der Waals surface area contributed by atoms with Gasteiger partial charge in [-0.3, -0.25) is 0 Å². The second-order valence-corrected chi connectivity index (χ2v) is 4.71. The summed E-state index contributed by atoms with van der Waals surface area (Å²) in [5.74, 6) is -0.108. The number of hydrogen-bond donors (Lipinski definition) is 1. The molecular formula is C13H19FN2. The van der Waals surface area contributed by atoms with Gasteiger partial charge in [0.1, 0.15) is 5.82 Å². The van der Waals surface area contributed by atoms with Crippen molar-refractivity contribution in [2.75, 3.05) is 20.1 Å². The van der Waals surface area contributed by atoms with E-state index in [-0.39, 0.29) is 5.82 Å². The standard InChI is InChI=1S/C13H19FN2/c1-10-3-4-11(7-13(10)14)8-15-12-5-6-16(2)9-12/h3-4,7,12,15H,5-6,8-9H2,1-2H3. The van der Waals surface area contributed by atoms with Crippen molar-refractivity contribution in [3.63, 3.8) is 0 Å². The molecule has 1 aliphatic rings. The van der Waals surface area contributed by atoms with E-state index in [1.165, 1.54) is 6.42 Å². The first-order chi connectivity index (χ1) is 7.65. The molecule has 16 heavy (non-hydrogen) atoms. The second-order valence-electron chi connectivity index (χ2n) is 4.71.